The average molecular weight is 216 g/mol. The van der Waals surface area contributed by atoms with Crippen LogP contribution in [-0.2, 0) is 0 Å². The molecule has 2 aromatic rings. The lowest BCUT2D eigenvalue weighted by Gasteiger charge is -2.07. The van der Waals surface area contributed by atoms with E-state index in [0.29, 0.717) is 11.5 Å². The van der Waals surface area contributed by atoms with Crippen LogP contribution in [0.1, 0.15) is 0 Å². The first kappa shape index (κ1) is 10.4. The molecular weight excluding hydrogens is 204 g/mol. The van der Waals surface area contributed by atoms with Gasteiger partial charge in [0.15, 0.2) is 0 Å². The zero-order chi connectivity index (χ0) is 11.4. The summed E-state index contributed by atoms with van der Waals surface area (Å²) < 4.78 is 10.7. The van der Waals surface area contributed by atoms with Crippen LogP contribution >= 0.6 is 0 Å². The fourth-order valence-electron chi connectivity index (χ4n) is 1.31. The van der Waals surface area contributed by atoms with E-state index in [1.54, 1.807) is 37.4 Å². The van der Waals surface area contributed by atoms with E-state index in [1.165, 1.54) is 0 Å². The molecule has 1 N–H and O–H groups in total. The summed E-state index contributed by atoms with van der Waals surface area (Å²) in [7, 11) is 1.61. The van der Waals surface area contributed by atoms with E-state index in [0.717, 1.165) is 5.75 Å². The van der Waals surface area contributed by atoms with Crippen molar-refractivity contribution in [1.29, 1.82) is 0 Å². The zero-order valence-corrected chi connectivity index (χ0v) is 8.88. The normalized spacial score (nSPS) is 9.81. The van der Waals surface area contributed by atoms with Crippen molar-refractivity contribution in [2.24, 2.45) is 0 Å². The Morgan fingerprint density at radius 2 is 1.56 bits per heavy atom. The third-order valence-electron chi connectivity index (χ3n) is 2.11. The molecule has 2 rings (SSSR count). The van der Waals surface area contributed by atoms with Gasteiger partial charge in [0.1, 0.15) is 23.0 Å². The largest absolute Gasteiger partial charge is 0.508 e. The van der Waals surface area contributed by atoms with Gasteiger partial charge in [-0.25, -0.2) is 0 Å². The molecular formula is C13H12O3. The van der Waals surface area contributed by atoms with Crippen LogP contribution in [0.2, 0.25) is 0 Å². The van der Waals surface area contributed by atoms with E-state index in [1.807, 2.05) is 18.2 Å². The number of hydrogen-bond acceptors (Lipinski definition) is 3. The van der Waals surface area contributed by atoms with Crippen LogP contribution < -0.4 is 9.47 Å². The van der Waals surface area contributed by atoms with Crippen molar-refractivity contribution in [3.05, 3.63) is 48.5 Å². The number of methoxy groups -OCH3 is 1. The Hall–Kier alpha value is -2.16. The minimum Gasteiger partial charge on any atom is -0.508 e. The van der Waals surface area contributed by atoms with E-state index in [9.17, 15) is 0 Å². The molecule has 0 aliphatic carbocycles. The van der Waals surface area contributed by atoms with E-state index >= 15 is 0 Å². The third kappa shape index (κ3) is 2.45. The van der Waals surface area contributed by atoms with Gasteiger partial charge in [-0.05, 0) is 36.4 Å². The predicted octanol–water partition coefficient (Wildman–Crippen LogP) is 3.19. The second-order valence-electron chi connectivity index (χ2n) is 3.27. The quantitative estimate of drug-likeness (QED) is 0.856. The average Bonchev–Trinajstić information content (AvgIpc) is 2.32. The summed E-state index contributed by atoms with van der Waals surface area (Å²) in [6, 6.07) is 13.9. The number of phenols is 1. The van der Waals surface area contributed by atoms with Gasteiger partial charge in [0.05, 0.1) is 7.11 Å². The highest BCUT2D eigenvalue weighted by Crippen LogP contribution is 2.26. The lowest BCUT2D eigenvalue weighted by molar-refractivity contribution is 0.409. The van der Waals surface area contributed by atoms with Crippen LogP contribution in [0.5, 0.6) is 23.0 Å². The number of benzene rings is 2. The molecule has 0 spiro atoms. The summed E-state index contributed by atoms with van der Waals surface area (Å²) in [6.45, 7) is 0. The van der Waals surface area contributed by atoms with Gasteiger partial charge in [-0.2, -0.15) is 0 Å². The van der Waals surface area contributed by atoms with Crippen molar-refractivity contribution >= 4 is 0 Å². The molecule has 3 heteroatoms. The maximum absolute atomic E-state index is 9.13. The first-order valence-electron chi connectivity index (χ1n) is 4.89. The second kappa shape index (κ2) is 4.57. The Balaban J connectivity index is 2.16. The number of ether oxygens (including phenoxy) is 2. The Bertz CT molecular complexity index is 463. The van der Waals surface area contributed by atoms with Crippen molar-refractivity contribution in [3.8, 4) is 23.0 Å². The second-order valence-corrected chi connectivity index (χ2v) is 3.27. The fraction of sp³-hybridized carbons (Fsp3) is 0.0769. The SMILES string of the molecule is COc1cccc(Oc2ccc(O)cc2)c1. The smallest absolute Gasteiger partial charge is 0.131 e. The molecule has 2 aromatic carbocycles. The molecule has 0 heterocycles. The predicted molar refractivity (Wildman–Crippen MR) is 61.2 cm³/mol. The minimum atomic E-state index is 0.220. The lowest BCUT2D eigenvalue weighted by atomic mass is 10.3. The maximum atomic E-state index is 9.13. The van der Waals surface area contributed by atoms with Crippen LogP contribution in [0.25, 0.3) is 0 Å². The van der Waals surface area contributed by atoms with Crippen LogP contribution in [0.3, 0.4) is 0 Å². The molecule has 0 unspecified atom stereocenters. The van der Waals surface area contributed by atoms with Crippen molar-refractivity contribution in [1.82, 2.24) is 0 Å². The van der Waals surface area contributed by atoms with Crippen molar-refractivity contribution in [3.63, 3.8) is 0 Å². The highest BCUT2D eigenvalue weighted by molar-refractivity contribution is 5.38. The summed E-state index contributed by atoms with van der Waals surface area (Å²) in [6.07, 6.45) is 0. The molecule has 0 fully saturated rings. The van der Waals surface area contributed by atoms with Gasteiger partial charge in [-0.3, -0.25) is 0 Å². The summed E-state index contributed by atoms with van der Waals surface area (Å²) in [4.78, 5) is 0. The van der Waals surface area contributed by atoms with Gasteiger partial charge in [-0.15, -0.1) is 0 Å². The van der Waals surface area contributed by atoms with E-state index in [2.05, 4.69) is 0 Å². The molecule has 82 valence electrons. The molecule has 16 heavy (non-hydrogen) atoms. The van der Waals surface area contributed by atoms with Gasteiger partial charge in [0, 0.05) is 6.07 Å². The molecule has 0 aromatic heterocycles. The van der Waals surface area contributed by atoms with Crippen molar-refractivity contribution in [2.45, 2.75) is 0 Å². The van der Waals surface area contributed by atoms with Crippen LogP contribution in [-0.4, -0.2) is 12.2 Å². The number of rotatable bonds is 3. The molecule has 0 amide bonds. The number of phenolic OH excluding ortho intramolecular Hbond substituents is 1. The van der Waals surface area contributed by atoms with Gasteiger partial charge in [0.25, 0.3) is 0 Å². The molecule has 0 bridgehead atoms. The first-order chi connectivity index (χ1) is 7.78. The Labute approximate surface area is 93.9 Å². The zero-order valence-electron chi connectivity index (χ0n) is 8.88. The number of hydrogen-bond donors (Lipinski definition) is 1. The molecule has 3 nitrogen and oxygen atoms in total. The summed E-state index contributed by atoms with van der Waals surface area (Å²) in [5.41, 5.74) is 0. The summed E-state index contributed by atoms with van der Waals surface area (Å²) in [5, 5.41) is 9.13. The third-order valence-corrected chi connectivity index (χ3v) is 2.11. The monoisotopic (exact) mass is 216 g/mol. The van der Waals surface area contributed by atoms with E-state index in [-0.39, 0.29) is 5.75 Å². The topological polar surface area (TPSA) is 38.7 Å². The van der Waals surface area contributed by atoms with Gasteiger partial charge < -0.3 is 14.6 Å². The highest BCUT2D eigenvalue weighted by atomic mass is 16.5. The lowest BCUT2D eigenvalue weighted by Crippen LogP contribution is -1.86. The Morgan fingerprint density at radius 1 is 0.875 bits per heavy atom. The first-order valence-corrected chi connectivity index (χ1v) is 4.89. The minimum absolute atomic E-state index is 0.220. The molecule has 0 saturated heterocycles. The van der Waals surface area contributed by atoms with E-state index in [4.69, 9.17) is 14.6 Å². The van der Waals surface area contributed by atoms with Gasteiger partial charge >= 0.3 is 0 Å². The molecule has 0 atom stereocenters. The highest BCUT2D eigenvalue weighted by Gasteiger charge is 1.99. The fourth-order valence-corrected chi connectivity index (χ4v) is 1.31. The maximum Gasteiger partial charge on any atom is 0.131 e. The molecule has 0 radical (unpaired) electrons. The van der Waals surface area contributed by atoms with E-state index < -0.39 is 0 Å². The molecule has 0 saturated carbocycles. The summed E-state index contributed by atoms with van der Waals surface area (Å²) >= 11 is 0. The van der Waals surface area contributed by atoms with Crippen LogP contribution in [0.15, 0.2) is 48.5 Å². The van der Waals surface area contributed by atoms with Crippen LogP contribution in [0.4, 0.5) is 0 Å². The van der Waals surface area contributed by atoms with Crippen molar-refractivity contribution < 1.29 is 14.6 Å². The number of aromatic hydroxyl groups is 1. The Morgan fingerprint density at radius 3 is 2.25 bits per heavy atom. The van der Waals surface area contributed by atoms with Gasteiger partial charge in [-0.1, -0.05) is 6.07 Å². The van der Waals surface area contributed by atoms with Crippen molar-refractivity contribution in [2.75, 3.05) is 7.11 Å². The van der Waals surface area contributed by atoms with Gasteiger partial charge in [0.2, 0.25) is 0 Å². The van der Waals surface area contributed by atoms with Crippen LogP contribution in [0, 0.1) is 0 Å². The standard InChI is InChI=1S/C13H12O3/c1-15-12-3-2-4-13(9-12)16-11-7-5-10(14)6-8-11/h2-9,14H,1H3. The summed E-state index contributed by atoms with van der Waals surface area (Å²) in [5.74, 6) is 2.34. The Kier molecular flexibility index (Phi) is 2.96. The molecule has 0 aliphatic heterocycles. The molecule has 0 aliphatic rings.